The molecule has 1 aliphatic rings. The molecule has 0 bridgehead atoms. The molecule has 0 saturated carbocycles. The van der Waals surface area contributed by atoms with E-state index < -0.39 is 4.92 Å². The van der Waals surface area contributed by atoms with Gasteiger partial charge in [0.05, 0.1) is 30.2 Å². The zero-order chi connectivity index (χ0) is 24.8. The first kappa shape index (κ1) is 24.4. The Balaban J connectivity index is 1.33. The number of fused-ring (bicyclic) bond motifs is 1. The summed E-state index contributed by atoms with van der Waals surface area (Å²) in [5.74, 6) is 1.02. The number of hydrogen-bond acceptors (Lipinski definition) is 8. The number of aromatic nitrogens is 1. The molecular weight excluding hydrogens is 446 g/mol. The number of pyridine rings is 1. The van der Waals surface area contributed by atoms with Gasteiger partial charge in [0.25, 0.3) is 0 Å². The Morgan fingerprint density at radius 2 is 2.00 bits per heavy atom. The number of rotatable bonds is 9. The maximum absolute atomic E-state index is 11.3. The second-order valence-electron chi connectivity index (χ2n) is 8.66. The van der Waals surface area contributed by atoms with Crippen LogP contribution < -0.4 is 14.8 Å². The van der Waals surface area contributed by atoms with Gasteiger partial charge in [-0.3, -0.25) is 15.1 Å². The highest BCUT2D eigenvalue weighted by atomic mass is 16.6. The van der Waals surface area contributed by atoms with Crippen LogP contribution in [0, 0.1) is 21.4 Å². The molecule has 1 N–H and O–H groups in total. The van der Waals surface area contributed by atoms with Crippen LogP contribution in [0.3, 0.4) is 0 Å². The van der Waals surface area contributed by atoms with Gasteiger partial charge in [0.2, 0.25) is 0 Å². The summed E-state index contributed by atoms with van der Waals surface area (Å²) in [5.41, 5.74) is 3.33. The lowest BCUT2D eigenvalue weighted by atomic mass is 9.99. The topological polar surface area (TPSA) is 114 Å². The monoisotopic (exact) mass is 475 g/mol. The molecule has 9 heteroatoms. The van der Waals surface area contributed by atoms with E-state index in [1.807, 2.05) is 24.3 Å². The second-order valence-corrected chi connectivity index (χ2v) is 8.66. The summed E-state index contributed by atoms with van der Waals surface area (Å²) in [6.07, 6.45) is 4.41. The zero-order valence-electron chi connectivity index (χ0n) is 20.0. The quantitative estimate of drug-likeness (QED) is 0.367. The first-order valence-electron chi connectivity index (χ1n) is 11.6. The van der Waals surface area contributed by atoms with Gasteiger partial charge in [-0.25, -0.2) is 0 Å². The maximum Gasteiger partial charge on any atom is 0.311 e. The van der Waals surface area contributed by atoms with Gasteiger partial charge in [0.15, 0.2) is 5.75 Å². The van der Waals surface area contributed by atoms with Gasteiger partial charge in [-0.1, -0.05) is 6.07 Å². The van der Waals surface area contributed by atoms with Crippen molar-refractivity contribution in [3.05, 3.63) is 69.4 Å². The minimum atomic E-state index is -0.416. The summed E-state index contributed by atoms with van der Waals surface area (Å²) in [6, 6.07) is 13.5. The average Bonchev–Trinajstić information content (AvgIpc) is 2.90. The first-order valence-corrected chi connectivity index (χ1v) is 11.6. The minimum Gasteiger partial charge on any atom is -0.497 e. The molecule has 9 nitrogen and oxygen atoms in total. The van der Waals surface area contributed by atoms with E-state index in [-0.39, 0.29) is 11.4 Å². The molecule has 0 unspecified atom stereocenters. The maximum atomic E-state index is 11.3. The van der Waals surface area contributed by atoms with Crippen molar-refractivity contribution in [1.82, 2.24) is 15.2 Å². The fourth-order valence-electron chi connectivity index (χ4n) is 4.60. The number of benzene rings is 2. The van der Waals surface area contributed by atoms with Crippen LogP contribution in [0.4, 0.5) is 5.69 Å². The molecule has 3 aromatic rings. The van der Waals surface area contributed by atoms with Crippen molar-refractivity contribution in [3.63, 3.8) is 0 Å². The van der Waals surface area contributed by atoms with E-state index in [1.54, 1.807) is 25.4 Å². The van der Waals surface area contributed by atoms with Gasteiger partial charge in [0.1, 0.15) is 11.8 Å². The standard InChI is InChI=1S/C26H29N5O4/c1-34-21-4-5-24-23(14-21)22(19(15-27)17-29-24)9-12-30-10-7-20(8-11-30)28-16-18-3-6-26(35-2)25(13-18)31(32)33/h3-6,13-14,17,20,28H,7-12,16H2,1-2H3. The van der Waals surface area contributed by atoms with Crippen molar-refractivity contribution in [1.29, 1.82) is 5.26 Å². The smallest absolute Gasteiger partial charge is 0.311 e. The summed E-state index contributed by atoms with van der Waals surface area (Å²) >= 11 is 0. The van der Waals surface area contributed by atoms with E-state index in [4.69, 9.17) is 9.47 Å². The minimum absolute atomic E-state index is 0.0142. The molecule has 1 aliphatic heterocycles. The van der Waals surface area contributed by atoms with Crippen molar-refractivity contribution in [2.45, 2.75) is 31.8 Å². The number of nitrogens with zero attached hydrogens (tertiary/aromatic N) is 4. The highest BCUT2D eigenvalue weighted by Crippen LogP contribution is 2.28. The lowest BCUT2D eigenvalue weighted by Crippen LogP contribution is -2.42. The molecule has 0 radical (unpaired) electrons. The predicted octanol–water partition coefficient (Wildman–Crippen LogP) is 3.83. The van der Waals surface area contributed by atoms with Crippen LogP contribution in [0.25, 0.3) is 10.9 Å². The molecule has 0 atom stereocenters. The Morgan fingerprint density at radius 1 is 1.20 bits per heavy atom. The Hall–Kier alpha value is -3.74. The summed E-state index contributed by atoms with van der Waals surface area (Å²) in [5, 5.41) is 25.4. The number of ether oxygens (including phenoxy) is 2. The molecule has 182 valence electrons. The van der Waals surface area contributed by atoms with Crippen LogP contribution >= 0.6 is 0 Å². The van der Waals surface area contributed by atoms with Crippen molar-refractivity contribution < 1.29 is 14.4 Å². The number of nitriles is 1. The molecule has 2 heterocycles. The van der Waals surface area contributed by atoms with Crippen LogP contribution in [-0.2, 0) is 13.0 Å². The van der Waals surface area contributed by atoms with Crippen LogP contribution in [0.15, 0.2) is 42.6 Å². The van der Waals surface area contributed by atoms with E-state index in [9.17, 15) is 15.4 Å². The van der Waals surface area contributed by atoms with E-state index in [1.165, 1.54) is 7.11 Å². The molecule has 2 aromatic carbocycles. The third-order valence-corrected chi connectivity index (χ3v) is 6.61. The summed E-state index contributed by atoms with van der Waals surface area (Å²) in [7, 11) is 3.07. The van der Waals surface area contributed by atoms with Gasteiger partial charge < -0.3 is 19.7 Å². The zero-order valence-corrected chi connectivity index (χ0v) is 20.0. The van der Waals surface area contributed by atoms with Gasteiger partial charge in [0, 0.05) is 36.8 Å². The van der Waals surface area contributed by atoms with Crippen molar-refractivity contribution in [2.24, 2.45) is 0 Å². The van der Waals surface area contributed by atoms with E-state index >= 15 is 0 Å². The van der Waals surface area contributed by atoms with Gasteiger partial charge in [-0.15, -0.1) is 0 Å². The molecule has 1 fully saturated rings. The molecule has 4 rings (SSSR count). The second kappa shape index (κ2) is 11.1. The molecule has 0 spiro atoms. The van der Waals surface area contributed by atoms with E-state index in [2.05, 4.69) is 21.3 Å². The molecule has 0 amide bonds. The largest absolute Gasteiger partial charge is 0.497 e. The first-order chi connectivity index (χ1) is 17.0. The number of nitro groups is 1. The lowest BCUT2D eigenvalue weighted by molar-refractivity contribution is -0.385. The average molecular weight is 476 g/mol. The third kappa shape index (κ3) is 5.67. The number of hydrogen-bond donors (Lipinski definition) is 1. The number of methoxy groups -OCH3 is 2. The van der Waals surface area contributed by atoms with Gasteiger partial charge >= 0.3 is 5.69 Å². The summed E-state index contributed by atoms with van der Waals surface area (Å²) in [6.45, 7) is 3.34. The highest BCUT2D eigenvalue weighted by Gasteiger charge is 2.21. The number of nitrogens with one attached hydrogen (secondary N) is 1. The van der Waals surface area contributed by atoms with Crippen LogP contribution in [0.2, 0.25) is 0 Å². The Kier molecular flexibility index (Phi) is 7.75. The van der Waals surface area contributed by atoms with E-state index in [0.29, 0.717) is 18.2 Å². The predicted molar refractivity (Wildman–Crippen MR) is 133 cm³/mol. The van der Waals surface area contributed by atoms with E-state index in [0.717, 1.165) is 66.7 Å². The Labute approximate surface area is 204 Å². The highest BCUT2D eigenvalue weighted by molar-refractivity contribution is 5.85. The molecule has 1 saturated heterocycles. The third-order valence-electron chi connectivity index (χ3n) is 6.61. The van der Waals surface area contributed by atoms with Crippen molar-refractivity contribution in [2.75, 3.05) is 33.9 Å². The number of likely N-dealkylation sites (tertiary alicyclic amines) is 1. The summed E-state index contributed by atoms with van der Waals surface area (Å²) in [4.78, 5) is 17.7. The van der Waals surface area contributed by atoms with Gasteiger partial charge in [-0.2, -0.15) is 5.26 Å². The number of piperidine rings is 1. The SMILES string of the molecule is COc1ccc2ncc(C#N)c(CCN3CCC(NCc4ccc(OC)c([N+](=O)[O-])c4)CC3)c2c1. The van der Waals surface area contributed by atoms with Crippen LogP contribution in [0.1, 0.15) is 29.5 Å². The van der Waals surface area contributed by atoms with Crippen LogP contribution in [0.5, 0.6) is 11.5 Å². The fourth-order valence-corrected chi connectivity index (χ4v) is 4.60. The number of nitro benzene ring substituents is 1. The van der Waals surface area contributed by atoms with Crippen molar-refractivity contribution >= 4 is 16.6 Å². The fraction of sp³-hybridized carbons (Fsp3) is 0.385. The van der Waals surface area contributed by atoms with Crippen molar-refractivity contribution in [3.8, 4) is 17.6 Å². The molecule has 35 heavy (non-hydrogen) atoms. The normalized spacial score (nSPS) is 14.5. The van der Waals surface area contributed by atoms with Gasteiger partial charge in [-0.05, 0) is 67.7 Å². The Bertz CT molecular complexity index is 1250. The Morgan fingerprint density at radius 3 is 2.69 bits per heavy atom. The molecular formula is C26H29N5O4. The molecule has 1 aromatic heterocycles. The lowest BCUT2D eigenvalue weighted by Gasteiger charge is -2.32. The molecule has 0 aliphatic carbocycles. The van der Waals surface area contributed by atoms with Crippen LogP contribution in [-0.4, -0.2) is 54.7 Å². The summed E-state index contributed by atoms with van der Waals surface area (Å²) < 4.78 is 10.5.